The first-order valence-electron chi connectivity index (χ1n) is 5.82. The summed E-state index contributed by atoms with van der Waals surface area (Å²) in [5.74, 6) is 0. The molecule has 6 heteroatoms. The Balaban J connectivity index is 2.70. The molecule has 98 valence electrons. The van der Waals surface area contributed by atoms with Crippen LogP contribution in [0.15, 0.2) is 6.20 Å². The lowest BCUT2D eigenvalue weighted by molar-refractivity contribution is -0.142. The second-order valence-electron chi connectivity index (χ2n) is 4.40. The number of hydrogen-bond acceptors (Lipinski definition) is 5. The Morgan fingerprint density at radius 3 is 2.41 bits per heavy atom. The fraction of sp³-hybridized carbons (Fsp3) is 0.818. The Kier molecular flexibility index (Phi) is 5.04. The molecule has 0 aliphatic heterocycles. The van der Waals surface area contributed by atoms with E-state index in [1.165, 1.54) is 0 Å². The van der Waals surface area contributed by atoms with Gasteiger partial charge in [0.25, 0.3) is 0 Å². The third-order valence-corrected chi connectivity index (χ3v) is 1.98. The summed E-state index contributed by atoms with van der Waals surface area (Å²) < 4.78 is 12.4. The largest absolute Gasteiger partial charge is 0.389 e. The van der Waals surface area contributed by atoms with Gasteiger partial charge in [-0.15, -0.1) is 5.10 Å². The molecule has 0 bridgehead atoms. The summed E-state index contributed by atoms with van der Waals surface area (Å²) in [6, 6.07) is 0. The van der Waals surface area contributed by atoms with Gasteiger partial charge in [-0.3, -0.25) is 0 Å². The molecule has 0 saturated heterocycles. The minimum atomic E-state index is -0.822. The number of aromatic nitrogens is 3. The van der Waals surface area contributed by atoms with E-state index < -0.39 is 11.9 Å². The quantitative estimate of drug-likeness (QED) is 0.727. The van der Waals surface area contributed by atoms with Crippen molar-refractivity contribution >= 4 is 0 Å². The molecule has 1 aromatic rings. The van der Waals surface area contributed by atoms with Crippen LogP contribution in [0.25, 0.3) is 0 Å². The van der Waals surface area contributed by atoms with Gasteiger partial charge in [-0.25, -0.2) is 4.68 Å². The molecule has 0 amide bonds. The van der Waals surface area contributed by atoms with Gasteiger partial charge in [-0.1, -0.05) is 5.21 Å². The predicted octanol–water partition coefficient (Wildman–Crippen LogP) is 1.12. The zero-order valence-electron chi connectivity index (χ0n) is 10.9. The summed E-state index contributed by atoms with van der Waals surface area (Å²) in [6.07, 6.45) is 1.24. The van der Waals surface area contributed by atoms with E-state index in [9.17, 15) is 5.11 Å². The zero-order valence-corrected chi connectivity index (χ0v) is 10.9. The SMILES string of the molecule is CCOC(OCC)c1cn(CC(C)(C)O)nn1. The third-order valence-electron chi connectivity index (χ3n) is 1.98. The molecule has 0 fully saturated rings. The lowest BCUT2D eigenvalue weighted by Gasteiger charge is -2.16. The Hall–Kier alpha value is -0.980. The van der Waals surface area contributed by atoms with Crippen molar-refractivity contribution in [2.75, 3.05) is 13.2 Å². The van der Waals surface area contributed by atoms with E-state index in [1.54, 1.807) is 24.7 Å². The van der Waals surface area contributed by atoms with Gasteiger partial charge in [0, 0.05) is 13.2 Å². The molecule has 0 saturated carbocycles. The molecule has 0 aromatic carbocycles. The number of ether oxygens (including phenoxy) is 2. The molecule has 1 aromatic heterocycles. The highest BCUT2D eigenvalue weighted by atomic mass is 16.7. The molecular formula is C11H21N3O3. The van der Waals surface area contributed by atoms with Crippen LogP contribution in [0.3, 0.4) is 0 Å². The van der Waals surface area contributed by atoms with E-state index in [-0.39, 0.29) is 0 Å². The molecule has 0 unspecified atom stereocenters. The molecule has 0 spiro atoms. The van der Waals surface area contributed by atoms with Gasteiger partial charge < -0.3 is 14.6 Å². The van der Waals surface area contributed by atoms with Crippen LogP contribution >= 0.6 is 0 Å². The highest BCUT2D eigenvalue weighted by molar-refractivity contribution is 4.95. The van der Waals surface area contributed by atoms with E-state index in [4.69, 9.17) is 9.47 Å². The van der Waals surface area contributed by atoms with E-state index in [2.05, 4.69) is 10.3 Å². The zero-order chi connectivity index (χ0) is 12.9. The van der Waals surface area contributed by atoms with Gasteiger partial charge in [0.15, 0.2) is 0 Å². The van der Waals surface area contributed by atoms with Gasteiger partial charge in [0.2, 0.25) is 6.29 Å². The Morgan fingerprint density at radius 1 is 1.35 bits per heavy atom. The summed E-state index contributed by atoms with van der Waals surface area (Å²) in [5, 5.41) is 17.6. The van der Waals surface area contributed by atoms with Gasteiger partial charge in [-0.2, -0.15) is 0 Å². The van der Waals surface area contributed by atoms with E-state index in [0.717, 1.165) is 0 Å². The first-order valence-corrected chi connectivity index (χ1v) is 5.82. The van der Waals surface area contributed by atoms with Crippen molar-refractivity contribution in [3.63, 3.8) is 0 Å². The van der Waals surface area contributed by atoms with Crippen molar-refractivity contribution in [2.24, 2.45) is 0 Å². The van der Waals surface area contributed by atoms with Crippen molar-refractivity contribution in [3.05, 3.63) is 11.9 Å². The molecule has 1 rings (SSSR count). The Labute approximate surface area is 102 Å². The fourth-order valence-electron chi connectivity index (χ4n) is 1.42. The van der Waals surface area contributed by atoms with Crippen molar-refractivity contribution in [1.82, 2.24) is 15.0 Å². The first-order chi connectivity index (χ1) is 7.96. The highest BCUT2D eigenvalue weighted by Gasteiger charge is 2.19. The second-order valence-corrected chi connectivity index (χ2v) is 4.40. The van der Waals surface area contributed by atoms with E-state index in [0.29, 0.717) is 25.5 Å². The van der Waals surface area contributed by atoms with E-state index in [1.807, 2.05) is 13.8 Å². The van der Waals surface area contributed by atoms with Crippen molar-refractivity contribution in [3.8, 4) is 0 Å². The molecule has 6 nitrogen and oxygen atoms in total. The fourth-order valence-corrected chi connectivity index (χ4v) is 1.42. The maximum atomic E-state index is 9.67. The van der Waals surface area contributed by atoms with Gasteiger partial charge >= 0.3 is 0 Å². The van der Waals surface area contributed by atoms with Crippen LogP contribution in [0.4, 0.5) is 0 Å². The Bertz CT molecular complexity index is 327. The lowest BCUT2D eigenvalue weighted by atomic mass is 10.1. The smallest absolute Gasteiger partial charge is 0.204 e. The lowest BCUT2D eigenvalue weighted by Crippen LogP contribution is -2.26. The molecule has 0 aliphatic rings. The molecular weight excluding hydrogens is 222 g/mol. The van der Waals surface area contributed by atoms with Crippen LogP contribution in [-0.2, 0) is 16.0 Å². The maximum Gasteiger partial charge on any atom is 0.204 e. The molecule has 0 aliphatic carbocycles. The standard InChI is InChI=1S/C11H21N3O3/c1-5-16-10(17-6-2)9-7-14(13-12-9)8-11(3,4)15/h7,10,15H,5-6,8H2,1-4H3. The average Bonchev–Trinajstić information content (AvgIpc) is 2.63. The van der Waals surface area contributed by atoms with E-state index >= 15 is 0 Å². The van der Waals surface area contributed by atoms with Crippen LogP contribution in [0, 0.1) is 0 Å². The van der Waals surface area contributed by atoms with Crippen molar-refractivity contribution < 1.29 is 14.6 Å². The topological polar surface area (TPSA) is 69.4 Å². The summed E-state index contributed by atoms with van der Waals surface area (Å²) in [7, 11) is 0. The number of hydrogen-bond donors (Lipinski definition) is 1. The summed E-state index contributed by atoms with van der Waals surface area (Å²) in [4.78, 5) is 0. The highest BCUT2D eigenvalue weighted by Crippen LogP contribution is 2.16. The molecule has 1 heterocycles. The first kappa shape index (κ1) is 14.1. The molecule has 17 heavy (non-hydrogen) atoms. The van der Waals surface area contributed by atoms with Crippen LogP contribution in [-0.4, -0.2) is 38.9 Å². The van der Waals surface area contributed by atoms with Gasteiger partial charge in [0.1, 0.15) is 5.69 Å². The van der Waals surface area contributed by atoms with Crippen LogP contribution in [0.2, 0.25) is 0 Å². The summed E-state index contributed by atoms with van der Waals surface area (Å²) in [5.41, 5.74) is -0.199. The van der Waals surface area contributed by atoms with Crippen LogP contribution in [0.1, 0.15) is 39.7 Å². The Morgan fingerprint density at radius 2 is 1.94 bits per heavy atom. The predicted molar refractivity (Wildman–Crippen MR) is 62.3 cm³/mol. The van der Waals surface area contributed by atoms with Crippen LogP contribution in [0.5, 0.6) is 0 Å². The molecule has 1 N–H and O–H groups in total. The normalized spacial score (nSPS) is 12.4. The molecule has 0 atom stereocenters. The summed E-state index contributed by atoms with van der Waals surface area (Å²) in [6.45, 7) is 8.70. The maximum absolute atomic E-state index is 9.67. The van der Waals surface area contributed by atoms with Gasteiger partial charge in [0.05, 0.1) is 18.3 Å². The average molecular weight is 243 g/mol. The number of aliphatic hydroxyl groups is 1. The van der Waals surface area contributed by atoms with Crippen LogP contribution < -0.4 is 0 Å². The molecule has 0 radical (unpaired) electrons. The van der Waals surface area contributed by atoms with Crippen molar-refractivity contribution in [1.29, 1.82) is 0 Å². The monoisotopic (exact) mass is 243 g/mol. The second kappa shape index (κ2) is 6.09. The number of nitrogens with zero attached hydrogens (tertiary/aromatic N) is 3. The summed E-state index contributed by atoms with van der Waals surface area (Å²) >= 11 is 0. The van der Waals surface area contributed by atoms with Gasteiger partial charge in [-0.05, 0) is 27.7 Å². The minimum absolute atomic E-state index is 0.380. The van der Waals surface area contributed by atoms with Crippen molar-refractivity contribution in [2.45, 2.75) is 46.1 Å². The number of rotatable bonds is 7. The minimum Gasteiger partial charge on any atom is -0.389 e. The third kappa shape index (κ3) is 4.80.